The van der Waals surface area contributed by atoms with Gasteiger partial charge in [0.25, 0.3) is 0 Å². The van der Waals surface area contributed by atoms with E-state index in [1.54, 1.807) is 20.0 Å². The van der Waals surface area contributed by atoms with E-state index < -0.39 is 22.9 Å². The highest BCUT2D eigenvalue weighted by atomic mass is 16.5. The summed E-state index contributed by atoms with van der Waals surface area (Å²) >= 11 is 0. The Kier molecular flexibility index (Phi) is 9.36. The molecule has 4 saturated carbocycles. The highest BCUT2D eigenvalue weighted by Crippen LogP contribution is 2.75. The van der Waals surface area contributed by atoms with Crippen molar-refractivity contribution < 1.29 is 29.0 Å². The smallest absolute Gasteiger partial charge is 0.315 e. The van der Waals surface area contributed by atoms with Gasteiger partial charge in [-0.1, -0.05) is 60.1 Å². The van der Waals surface area contributed by atoms with Gasteiger partial charge in [0, 0.05) is 24.0 Å². The second-order valence-corrected chi connectivity index (χ2v) is 19.1. The topological polar surface area (TPSA) is 135 Å². The number of ether oxygens (including phenoxy) is 1. The van der Waals surface area contributed by atoms with Crippen LogP contribution in [0.1, 0.15) is 132 Å². The molecule has 1 heterocycles. The Labute approximate surface area is 304 Å². The number of nitrogens with zero attached hydrogens (tertiary/aromatic N) is 1. The lowest BCUT2D eigenvalue weighted by molar-refractivity contribution is -0.214. The lowest BCUT2D eigenvalue weighted by Gasteiger charge is -2.70. The second kappa shape index (κ2) is 12.7. The standard InChI is InChI=1S/C42H61N3O6/c1-25(2)33-28(46)22-42(45-36(50)44-24-26-12-10-11-21-43-26)20-19-40(8)27(34(33)42)13-14-30-39(7)17-16-31(51-32(47)23-37(3,4)35(48)49)38(5,6)29(39)15-18-41(30,40)9/h10-12,21,25,29-31,33H,13-20,22-24H2,1-9H3,(H,48,49)(H2,44,45,50)/t29?,30?,31-,33?,39-,40+,41+,42+/m0/s1. The van der Waals surface area contributed by atoms with E-state index in [1.807, 2.05) is 18.2 Å². The van der Waals surface area contributed by atoms with E-state index in [0.717, 1.165) is 57.1 Å². The van der Waals surface area contributed by atoms with E-state index in [2.05, 4.69) is 64.1 Å². The third kappa shape index (κ3) is 5.93. The predicted molar refractivity (Wildman–Crippen MR) is 195 cm³/mol. The van der Waals surface area contributed by atoms with Gasteiger partial charge in [0.05, 0.1) is 29.6 Å². The molecule has 0 spiro atoms. The number of carbonyl (C=O) groups excluding carboxylic acids is 3. The fraction of sp³-hybridized carbons (Fsp3) is 0.738. The van der Waals surface area contributed by atoms with Gasteiger partial charge in [-0.15, -0.1) is 0 Å². The molecule has 0 saturated heterocycles. The number of aromatic nitrogens is 1. The quantitative estimate of drug-likeness (QED) is 0.184. The van der Waals surface area contributed by atoms with Crippen LogP contribution in [0.3, 0.4) is 0 Å². The molecule has 0 bridgehead atoms. The molecule has 1 aromatic heterocycles. The van der Waals surface area contributed by atoms with Crippen molar-refractivity contribution >= 4 is 23.8 Å². The Morgan fingerprint density at radius 3 is 2.37 bits per heavy atom. The van der Waals surface area contributed by atoms with Crippen molar-refractivity contribution in [3.8, 4) is 0 Å². The molecule has 0 aromatic carbocycles. The SMILES string of the molecule is CC(C)C1C(=O)C[C@]2(NC(=O)NCc3ccccn3)CC[C@]3(C)C(=C12)CCC1[C@@]2(C)CC[C@H](OC(=O)CC(C)(C)C(=O)O)C(C)(C)C2CC[C@]13C. The van der Waals surface area contributed by atoms with Crippen molar-refractivity contribution in [3.05, 3.63) is 41.2 Å². The average Bonchev–Trinajstić information content (AvgIpc) is 3.33. The van der Waals surface area contributed by atoms with Crippen LogP contribution in [0.25, 0.3) is 0 Å². The Morgan fingerprint density at radius 2 is 1.73 bits per heavy atom. The summed E-state index contributed by atoms with van der Waals surface area (Å²) in [7, 11) is 0. The number of aliphatic carboxylic acids is 1. The number of urea groups is 1. The molecular formula is C42H61N3O6. The second-order valence-electron chi connectivity index (χ2n) is 19.1. The molecule has 5 aliphatic carbocycles. The number of ketones is 1. The van der Waals surface area contributed by atoms with Gasteiger partial charge in [-0.3, -0.25) is 19.4 Å². The summed E-state index contributed by atoms with van der Waals surface area (Å²) in [5, 5.41) is 16.0. The Hall–Kier alpha value is -3.23. The van der Waals surface area contributed by atoms with Gasteiger partial charge < -0.3 is 20.5 Å². The number of amides is 2. The fourth-order valence-corrected chi connectivity index (χ4v) is 12.4. The fourth-order valence-electron chi connectivity index (χ4n) is 12.4. The summed E-state index contributed by atoms with van der Waals surface area (Å²) in [6, 6.07) is 5.41. The first kappa shape index (κ1) is 37.5. The van der Waals surface area contributed by atoms with Crippen molar-refractivity contribution in [2.75, 3.05) is 0 Å². The van der Waals surface area contributed by atoms with Crippen LogP contribution in [0.2, 0.25) is 0 Å². The number of carbonyl (C=O) groups is 4. The highest BCUT2D eigenvalue weighted by molar-refractivity contribution is 5.92. The molecule has 9 nitrogen and oxygen atoms in total. The predicted octanol–water partition coefficient (Wildman–Crippen LogP) is 8.03. The van der Waals surface area contributed by atoms with E-state index >= 15 is 0 Å². The van der Waals surface area contributed by atoms with Crippen LogP contribution in [0.5, 0.6) is 0 Å². The van der Waals surface area contributed by atoms with Gasteiger partial charge in [-0.2, -0.15) is 0 Å². The number of rotatable bonds is 8. The number of Topliss-reactive ketones (excluding diaryl/α,β-unsaturated/α-hetero) is 1. The molecule has 1 aromatic rings. The molecule has 3 N–H and O–H groups in total. The van der Waals surface area contributed by atoms with E-state index in [9.17, 15) is 24.3 Å². The number of pyridine rings is 1. The normalized spacial score (nSPS) is 37.1. The Morgan fingerprint density at radius 1 is 1.00 bits per heavy atom. The summed E-state index contributed by atoms with van der Waals surface area (Å²) in [5.74, 6) is -0.435. The number of fused-ring (bicyclic) bond motifs is 6. The van der Waals surface area contributed by atoms with E-state index in [-0.39, 0.29) is 57.8 Å². The lowest BCUT2D eigenvalue weighted by atomic mass is 9.34. The van der Waals surface area contributed by atoms with Crippen LogP contribution < -0.4 is 10.6 Å². The van der Waals surface area contributed by atoms with Crippen molar-refractivity contribution in [1.29, 1.82) is 0 Å². The summed E-state index contributed by atoms with van der Waals surface area (Å²) in [6.07, 6.45) is 9.08. The van der Waals surface area contributed by atoms with Crippen LogP contribution >= 0.6 is 0 Å². The van der Waals surface area contributed by atoms with Crippen molar-refractivity contribution in [2.24, 2.45) is 50.7 Å². The molecule has 6 rings (SSSR count). The number of esters is 1. The van der Waals surface area contributed by atoms with Gasteiger partial charge in [0.1, 0.15) is 11.9 Å². The number of carboxylic acids is 1. The lowest BCUT2D eigenvalue weighted by Crippen LogP contribution is -2.65. The minimum absolute atomic E-state index is 0.00447. The number of hydrogen-bond donors (Lipinski definition) is 3. The van der Waals surface area contributed by atoms with E-state index in [0.29, 0.717) is 24.8 Å². The van der Waals surface area contributed by atoms with Gasteiger partial charge in [-0.25, -0.2) is 4.79 Å². The van der Waals surface area contributed by atoms with Crippen molar-refractivity contribution in [2.45, 2.75) is 145 Å². The minimum Gasteiger partial charge on any atom is -0.481 e. The molecule has 9 heteroatoms. The highest BCUT2D eigenvalue weighted by Gasteiger charge is 2.69. The molecule has 0 radical (unpaired) electrons. The number of allylic oxidation sites excluding steroid dienone is 1. The maximum absolute atomic E-state index is 13.9. The first-order valence-corrected chi connectivity index (χ1v) is 19.4. The maximum Gasteiger partial charge on any atom is 0.315 e. The minimum atomic E-state index is -1.17. The summed E-state index contributed by atoms with van der Waals surface area (Å²) in [5.41, 5.74) is 1.26. The first-order valence-electron chi connectivity index (χ1n) is 19.4. The molecule has 8 atom stereocenters. The number of hydrogen-bond acceptors (Lipinski definition) is 6. The van der Waals surface area contributed by atoms with Gasteiger partial charge in [0.15, 0.2) is 0 Å². The Bertz CT molecular complexity index is 1620. The first-order chi connectivity index (χ1) is 23.7. The summed E-state index contributed by atoms with van der Waals surface area (Å²) in [6.45, 7) is 19.8. The molecule has 51 heavy (non-hydrogen) atoms. The number of nitrogens with one attached hydrogen (secondary N) is 2. The maximum atomic E-state index is 13.9. The third-order valence-corrected chi connectivity index (χ3v) is 15.2. The largest absolute Gasteiger partial charge is 0.481 e. The number of carboxylic acid groups (broad SMARTS) is 1. The van der Waals surface area contributed by atoms with E-state index in [1.165, 1.54) is 11.1 Å². The molecule has 280 valence electrons. The van der Waals surface area contributed by atoms with Crippen LogP contribution in [0.15, 0.2) is 35.5 Å². The zero-order valence-corrected chi connectivity index (χ0v) is 32.4. The average molecular weight is 704 g/mol. The van der Waals surface area contributed by atoms with Crippen LogP contribution in [-0.2, 0) is 25.7 Å². The monoisotopic (exact) mass is 703 g/mol. The van der Waals surface area contributed by atoms with Crippen LogP contribution in [0, 0.1) is 50.7 Å². The molecule has 5 aliphatic rings. The van der Waals surface area contributed by atoms with Gasteiger partial charge in [0.2, 0.25) is 0 Å². The van der Waals surface area contributed by atoms with Crippen molar-refractivity contribution in [3.63, 3.8) is 0 Å². The zero-order chi connectivity index (χ0) is 37.4. The molecule has 3 unspecified atom stereocenters. The molecule has 0 aliphatic heterocycles. The summed E-state index contributed by atoms with van der Waals surface area (Å²) in [4.78, 5) is 56.6. The molecular weight excluding hydrogens is 642 g/mol. The van der Waals surface area contributed by atoms with Crippen molar-refractivity contribution in [1.82, 2.24) is 15.6 Å². The molecule has 2 amide bonds. The van der Waals surface area contributed by atoms with Crippen LogP contribution in [-0.4, -0.2) is 45.5 Å². The van der Waals surface area contributed by atoms with Crippen LogP contribution in [0.4, 0.5) is 4.79 Å². The zero-order valence-electron chi connectivity index (χ0n) is 32.4. The summed E-state index contributed by atoms with van der Waals surface area (Å²) < 4.78 is 6.15. The van der Waals surface area contributed by atoms with Gasteiger partial charge >= 0.3 is 18.0 Å². The Balaban J connectivity index is 1.29. The van der Waals surface area contributed by atoms with E-state index in [4.69, 9.17) is 4.74 Å². The van der Waals surface area contributed by atoms with Gasteiger partial charge in [-0.05, 0) is 117 Å². The third-order valence-electron chi connectivity index (χ3n) is 15.2. The molecule has 4 fully saturated rings.